The number of hydrazine groups is 1. The summed E-state index contributed by atoms with van der Waals surface area (Å²) in [4.78, 5) is 34.4. The molecule has 0 aliphatic carbocycles. The van der Waals surface area contributed by atoms with E-state index in [-0.39, 0.29) is 5.69 Å². The molecular weight excluding hydrogens is 294 g/mol. The molecule has 23 heavy (non-hydrogen) atoms. The van der Waals surface area contributed by atoms with Gasteiger partial charge < -0.3 is 4.90 Å². The molecule has 7 heteroatoms. The van der Waals surface area contributed by atoms with E-state index in [0.717, 1.165) is 24.6 Å². The molecule has 0 bridgehead atoms. The van der Waals surface area contributed by atoms with Gasteiger partial charge in [0.2, 0.25) is 0 Å². The number of hydrogen-bond donors (Lipinski definition) is 2. The van der Waals surface area contributed by atoms with E-state index < -0.39 is 11.8 Å². The number of hydrogen-bond acceptors (Lipinski definition) is 5. The van der Waals surface area contributed by atoms with Gasteiger partial charge in [-0.25, -0.2) is 9.97 Å². The molecule has 0 aromatic carbocycles. The molecule has 0 spiro atoms. The number of nitrogens with zero attached hydrogens (tertiary/aromatic N) is 3. The molecule has 0 unspecified atom stereocenters. The first-order valence-electron chi connectivity index (χ1n) is 7.39. The van der Waals surface area contributed by atoms with E-state index >= 15 is 0 Å². The summed E-state index contributed by atoms with van der Waals surface area (Å²) < 4.78 is 0. The summed E-state index contributed by atoms with van der Waals surface area (Å²) in [6, 6.07) is 8.60. The third-order valence-corrected chi connectivity index (χ3v) is 3.60. The highest BCUT2D eigenvalue weighted by molar-refractivity contribution is 5.98. The number of nitrogens with one attached hydrogen (secondary N) is 2. The maximum absolute atomic E-state index is 12.0. The maximum atomic E-state index is 12.0. The first-order chi connectivity index (χ1) is 11.1. The summed E-state index contributed by atoms with van der Waals surface area (Å²) in [7, 11) is 0. The van der Waals surface area contributed by atoms with Crippen molar-refractivity contribution in [3.8, 4) is 0 Å². The molecule has 0 saturated carbocycles. The van der Waals surface area contributed by atoms with Crippen LogP contribution in [0.5, 0.6) is 0 Å². The zero-order valence-corrected chi connectivity index (χ0v) is 12.7. The van der Waals surface area contributed by atoms with Crippen molar-refractivity contribution in [2.45, 2.75) is 13.3 Å². The zero-order chi connectivity index (χ0) is 16.2. The van der Waals surface area contributed by atoms with E-state index in [1.54, 1.807) is 37.3 Å². The third kappa shape index (κ3) is 3.45. The predicted octanol–water partition coefficient (Wildman–Crippen LogP) is 1.07. The van der Waals surface area contributed by atoms with Crippen molar-refractivity contribution < 1.29 is 9.59 Å². The Labute approximate surface area is 133 Å². The molecule has 118 valence electrons. The SMILES string of the molecule is Cc1cccc(C(=O)NNC(=O)c2ccc(N3CCC3)nc2)n1. The molecule has 1 saturated heterocycles. The van der Waals surface area contributed by atoms with Crippen LogP contribution in [0.1, 0.15) is 33.0 Å². The molecule has 1 aliphatic rings. The first kappa shape index (κ1) is 15.0. The van der Waals surface area contributed by atoms with Crippen LogP contribution in [0.3, 0.4) is 0 Å². The van der Waals surface area contributed by atoms with Crippen LogP contribution < -0.4 is 15.8 Å². The van der Waals surface area contributed by atoms with Crippen LogP contribution in [0.25, 0.3) is 0 Å². The molecule has 1 aliphatic heterocycles. The van der Waals surface area contributed by atoms with Crippen molar-refractivity contribution in [1.82, 2.24) is 20.8 Å². The van der Waals surface area contributed by atoms with Crippen LogP contribution in [0.4, 0.5) is 5.82 Å². The number of rotatable bonds is 3. The average molecular weight is 311 g/mol. The number of aromatic nitrogens is 2. The summed E-state index contributed by atoms with van der Waals surface area (Å²) in [6.45, 7) is 3.79. The topological polar surface area (TPSA) is 87.2 Å². The van der Waals surface area contributed by atoms with Gasteiger partial charge in [-0.3, -0.25) is 20.4 Å². The van der Waals surface area contributed by atoms with Gasteiger partial charge in [0.15, 0.2) is 0 Å². The molecule has 0 radical (unpaired) electrons. The summed E-state index contributed by atoms with van der Waals surface area (Å²) in [5.74, 6) is -0.0262. The monoisotopic (exact) mass is 311 g/mol. The molecule has 3 rings (SSSR count). The second-order valence-electron chi connectivity index (χ2n) is 5.32. The van der Waals surface area contributed by atoms with Crippen LogP contribution >= 0.6 is 0 Å². The lowest BCUT2D eigenvalue weighted by atomic mass is 10.2. The molecule has 7 nitrogen and oxygen atoms in total. The van der Waals surface area contributed by atoms with Crippen molar-refractivity contribution in [3.63, 3.8) is 0 Å². The largest absolute Gasteiger partial charge is 0.356 e. The normalized spacial score (nSPS) is 13.2. The number of aryl methyl sites for hydroxylation is 1. The van der Waals surface area contributed by atoms with E-state index in [1.807, 2.05) is 0 Å². The number of anilines is 1. The Morgan fingerprint density at radius 1 is 1.09 bits per heavy atom. The summed E-state index contributed by atoms with van der Waals surface area (Å²) >= 11 is 0. The van der Waals surface area contributed by atoms with Crippen molar-refractivity contribution in [2.75, 3.05) is 18.0 Å². The fourth-order valence-electron chi connectivity index (χ4n) is 2.17. The first-order valence-corrected chi connectivity index (χ1v) is 7.39. The minimum absolute atomic E-state index is 0.247. The average Bonchev–Trinajstić information content (AvgIpc) is 2.51. The summed E-state index contributed by atoms with van der Waals surface area (Å²) in [5.41, 5.74) is 6.07. The van der Waals surface area contributed by atoms with Crippen molar-refractivity contribution in [3.05, 3.63) is 53.5 Å². The highest BCUT2D eigenvalue weighted by Gasteiger charge is 2.16. The Kier molecular flexibility index (Phi) is 4.18. The molecule has 2 N–H and O–H groups in total. The quantitative estimate of drug-likeness (QED) is 0.828. The lowest BCUT2D eigenvalue weighted by Gasteiger charge is -2.31. The standard InChI is InChI=1S/C16H17N5O2/c1-11-4-2-5-13(18-11)16(23)20-19-15(22)12-6-7-14(17-10-12)21-8-3-9-21/h2,4-7,10H,3,8-9H2,1H3,(H,19,22)(H,20,23). The van der Waals surface area contributed by atoms with Gasteiger partial charge in [-0.2, -0.15) is 0 Å². The highest BCUT2D eigenvalue weighted by Crippen LogP contribution is 2.17. The van der Waals surface area contributed by atoms with Crippen molar-refractivity contribution >= 4 is 17.6 Å². The second kappa shape index (κ2) is 6.43. The van der Waals surface area contributed by atoms with E-state index in [2.05, 4.69) is 25.7 Å². The van der Waals surface area contributed by atoms with Crippen LogP contribution in [0.15, 0.2) is 36.5 Å². The highest BCUT2D eigenvalue weighted by atomic mass is 16.2. The minimum atomic E-state index is -0.466. The molecule has 1 fully saturated rings. The van der Waals surface area contributed by atoms with Crippen molar-refractivity contribution in [1.29, 1.82) is 0 Å². The molecule has 2 amide bonds. The smallest absolute Gasteiger partial charge is 0.288 e. The van der Waals surface area contributed by atoms with Crippen LogP contribution in [0, 0.1) is 6.92 Å². The number of amides is 2. The Morgan fingerprint density at radius 2 is 1.87 bits per heavy atom. The molecule has 0 atom stereocenters. The van der Waals surface area contributed by atoms with Gasteiger partial charge in [0.1, 0.15) is 11.5 Å². The van der Waals surface area contributed by atoms with Gasteiger partial charge in [0.05, 0.1) is 5.56 Å². The Morgan fingerprint density at radius 3 is 2.48 bits per heavy atom. The Balaban J connectivity index is 1.57. The second-order valence-corrected chi connectivity index (χ2v) is 5.32. The molecule has 2 aromatic heterocycles. The van der Waals surface area contributed by atoms with Crippen LogP contribution in [-0.4, -0.2) is 34.9 Å². The van der Waals surface area contributed by atoms with E-state index in [1.165, 1.54) is 12.6 Å². The minimum Gasteiger partial charge on any atom is -0.356 e. The fourth-order valence-corrected chi connectivity index (χ4v) is 2.17. The Hall–Kier alpha value is -2.96. The summed E-state index contributed by atoms with van der Waals surface area (Å²) in [5, 5.41) is 0. The van der Waals surface area contributed by atoms with E-state index in [4.69, 9.17) is 0 Å². The van der Waals surface area contributed by atoms with Crippen molar-refractivity contribution in [2.24, 2.45) is 0 Å². The summed E-state index contributed by atoms with van der Waals surface area (Å²) in [6.07, 6.45) is 2.67. The number of carbonyl (C=O) groups excluding carboxylic acids is 2. The van der Waals surface area contributed by atoms with E-state index in [0.29, 0.717) is 5.56 Å². The van der Waals surface area contributed by atoms with Gasteiger partial charge in [-0.05, 0) is 37.6 Å². The van der Waals surface area contributed by atoms with Gasteiger partial charge >= 0.3 is 0 Å². The van der Waals surface area contributed by atoms with Crippen LogP contribution in [0.2, 0.25) is 0 Å². The molecule has 3 heterocycles. The lowest BCUT2D eigenvalue weighted by Crippen LogP contribution is -2.42. The van der Waals surface area contributed by atoms with Crippen LogP contribution in [-0.2, 0) is 0 Å². The third-order valence-electron chi connectivity index (χ3n) is 3.60. The Bertz CT molecular complexity index is 726. The number of pyridine rings is 2. The zero-order valence-electron chi connectivity index (χ0n) is 12.7. The fraction of sp³-hybridized carbons (Fsp3) is 0.250. The maximum Gasteiger partial charge on any atom is 0.288 e. The number of carbonyl (C=O) groups is 2. The molecular formula is C16H17N5O2. The molecule has 2 aromatic rings. The van der Waals surface area contributed by atoms with Gasteiger partial charge in [0.25, 0.3) is 11.8 Å². The van der Waals surface area contributed by atoms with Gasteiger partial charge in [-0.1, -0.05) is 6.07 Å². The van der Waals surface area contributed by atoms with Gasteiger partial charge in [-0.15, -0.1) is 0 Å². The van der Waals surface area contributed by atoms with Gasteiger partial charge in [0, 0.05) is 25.0 Å². The lowest BCUT2D eigenvalue weighted by molar-refractivity contribution is 0.0843. The predicted molar refractivity (Wildman–Crippen MR) is 85.0 cm³/mol. The van der Waals surface area contributed by atoms with E-state index in [9.17, 15) is 9.59 Å².